The van der Waals surface area contributed by atoms with Crippen molar-refractivity contribution in [1.29, 1.82) is 5.26 Å². The number of nitriles is 1. The van der Waals surface area contributed by atoms with E-state index in [1.54, 1.807) is 13.0 Å². The van der Waals surface area contributed by atoms with Gasteiger partial charge in [-0.25, -0.2) is 8.42 Å². The molecule has 0 bridgehead atoms. The molecule has 1 aliphatic heterocycles. The maximum atomic E-state index is 11.6. The first-order chi connectivity index (χ1) is 6.39. The van der Waals surface area contributed by atoms with E-state index in [0.717, 1.165) is 0 Å². The fourth-order valence-corrected chi connectivity index (χ4v) is 2.79. The molecule has 0 spiro atoms. The molecule has 80 valence electrons. The Bertz CT molecular complexity index is 336. The van der Waals surface area contributed by atoms with Gasteiger partial charge >= 0.3 is 0 Å². The molecule has 3 atom stereocenters. The van der Waals surface area contributed by atoms with Crippen molar-refractivity contribution in [2.45, 2.75) is 25.2 Å². The quantitative estimate of drug-likeness (QED) is 0.680. The molecule has 0 aromatic rings. The number of hydrogen-bond acceptors (Lipinski definition) is 4. The summed E-state index contributed by atoms with van der Waals surface area (Å²) in [4.78, 5) is 0. The molecule has 1 N–H and O–H groups in total. The summed E-state index contributed by atoms with van der Waals surface area (Å²) in [6.07, 6.45) is -0.615. The summed E-state index contributed by atoms with van der Waals surface area (Å²) in [5.41, 5.74) is 0. The van der Waals surface area contributed by atoms with Crippen LogP contribution in [0.3, 0.4) is 0 Å². The first kappa shape index (κ1) is 11.4. The fourth-order valence-electron chi connectivity index (χ4n) is 1.40. The zero-order valence-corrected chi connectivity index (χ0v) is 9.03. The molecule has 14 heavy (non-hydrogen) atoms. The van der Waals surface area contributed by atoms with Crippen LogP contribution in [0.5, 0.6) is 0 Å². The van der Waals surface area contributed by atoms with Gasteiger partial charge in [-0.05, 0) is 12.8 Å². The van der Waals surface area contributed by atoms with Crippen LogP contribution in [-0.4, -0.2) is 42.3 Å². The summed E-state index contributed by atoms with van der Waals surface area (Å²) < 4.78 is 24.5. The second-order valence-electron chi connectivity index (χ2n) is 3.68. The average molecular weight is 218 g/mol. The van der Waals surface area contributed by atoms with Gasteiger partial charge in [0.05, 0.1) is 12.2 Å². The molecule has 3 unspecified atom stereocenters. The second-order valence-corrected chi connectivity index (χ2v) is 5.93. The van der Waals surface area contributed by atoms with Gasteiger partial charge in [0.25, 0.3) is 0 Å². The van der Waals surface area contributed by atoms with E-state index >= 15 is 0 Å². The maximum Gasteiger partial charge on any atom is 0.230 e. The lowest BCUT2D eigenvalue weighted by Crippen LogP contribution is -2.35. The number of rotatable bonds is 2. The van der Waals surface area contributed by atoms with Crippen molar-refractivity contribution in [1.82, 2.24) is 4.31 Å². The molecule has 1 heterocycles. The minimum absolute atomic E-state index is 0.0596. The molecular formula is C8H14N2O3S. The highest BCUT2D eigenvalue weighted by atomic mass is 32.2. The van der Waals surface area contributed by atoms with E-state index in [9.17, 15) is 13.5 Å². The molecule has 0 aromatic carbocycles. The summed E-state index contributed by atoms with van der Waals surface area (Å²) in [6.45, 7) is 3.55. The molecule has 1 aliphatic rings. The van der Waals surface area contributed by atoms with Gasteiger partial charge < -0.3 is 5.11 Å². The van der Waals surface area contributed by atoms with Crippen LogP contribution in [0.2, 0.25) is 0 Å². The Morgan fingerprint density at radius 1 is 1.57 bits per heavy atom. The summed E-state index contributed by atoms with van der Waals surface area (Å²) in [7, 11) is -3.54. The van der Waals surface area contributed by atoms with Crippen molar-refractivity contribution >= 4 is 10.0 Å². The number of hydrogen-bond donors (Lipinski definition) is 1. The van der Waals surface area contributed by atoms with Gasteiger partial charge in [0.1, 0.15) is 0 Å². The van der Waals surface area contributed by atoms with Gasteiger partial charge in [0.2, 0.25) is 10.0 Å². The van der Waals surface area contributed by atoms with Crippen LogP contribution in [0.15, 0.2) is 0 Å². The second kappa shape index (κ2) is 3.85. The molecule has 1 fully saturated rings. The topological polar surface area (TPSA) is 81.4 Å². The van der Waals surface area contributed by atoms with Crippen LogP contribution in [0.4, 0.5) is 0 Å². The number of nitrogens with zero attached hydrogens (tertiary/aromatic N) is 2. The third-order valence-electron chi connectivity index (χ3n) is 2.53. The maximum absolute atomic E-state index is 11.6. The predicted octanol–water partition coefficient (Wildman–Crippen LogP) is -0.459. The summed E-state index contributed by atoms with van der Waals surface area (Å²) >= 11 is 0. The van der Waals surface area contributed by atoms with E-state index in [1.807, 2.05) is 0 Å². The zero-order chi connectivity index (χ0) is 10.9. The SMILES string of the molecule is CC1CN(S(=O)(=O)C(C)C#N)CC1O. The van der Waals surface area contributed by atoms with E-state index in [-0.39, 0.29) is 12.5 Å². The third-order valence-corrected chi connectivity index (χ3v) is 4.54. The predicted molar refractivity (Wildman–Crippen MR) is 50.7 cm³/mol. The standard InChI is InChI=1S/C8H14N2O3S/c1-6-4-10(5-8(6)11)14(12,13)7(2)3-9/h6-8,11H,4-5H2,1-2H3. The lowest BCUT2D eigenvalue weighted by molar-refractivity contribution is 0.153. The van der Waals surface area contributed by atoms with Crippen molar-refractivity contribution in [3.05, 3.63) is 0 Å². The molecular weight excluding hydrogens is 204 g/mol. The van der Waals surface area contributed by atoms with Crippen molar-refractivity contribution in [3.8, 4) is 6.07 Å². The molecule has 1 saturated heterocycles. The first-order valence-corrected chi connectivity index (χ1v) is 5.96. The minimum Gasteiger partial charge on any atom is -0.391 e. The van der Waals surface area contributed by atoms with Gasteiger partial charge in [0, 0.05) is 13.1 Å². The van der Waals surface area contributed by atoms with E-state index in [2.05, 4.69) is 0 Å². The van der Waals surface area contributed by atoms with E-state index < -0.39 is 21.4 Å². The fraction of sp³-hybridized carbons (Fsp3) is 0.875. The largest absolute Gasteiger partial charge is 0.391 e. The van der Waals surface area contributed by atoms with Gasteiger partial charge in [-0.15, -0.1) is 0 Å². The van der Waals surface area contributed by atoms with Gasteiger partial charge in [-0.1, -0.05) is 6.92 Å². The van der Waals surface area contributed by atoms with Crippen LogP contribution in [0, 0.1) is 17.2 Å². The van der Waals surface area contributed by atoms with Crippen LogP contribution in [-0.2, 0) is 10.0 Å². The highest BCUT2D eigenvalue weighted by molar-refractivity contribution is 7.89. The minimum atomic E-state index is -3.54. The Morgan fingerprint density at radius 2 is 2.14 bits per heavy atom. The smallest absolute Gasteiger partial charge is 0.230 e. The van der Waals surface area contributed by atoms with Crippen LogP contribution < -0.4 is 0 Å². The summed E-state index contributed by atoms with van der Waals surface area (Å²) in [5.74, 6) is -0.0596. The van der Waals surface area contributed by atoms with Crippen molar-refractivity contribution in [3.63, 3.8) is 0 Å². The first-order valence-electron chi connectivity index (χ1n) is 4.46. The van der Waals surface area contributed by atoms with Gasteiger partial charge in [0.15, 0.2) is 5.25 Å². The van der Waals surface area contributed by atoms with Crippen LogP contribution in [0.1, 0.15) is 13.8 Å². The number of β-amino-alcohol motifs (C(OH)–C–C–N with tert-alkyl or cyclic N) is 1. The Hall–Kier alpha value is -0.640. The van der Waals surface area contributed by atoms with E-state index in [4.69, 9.17) is 5.26 Å². The monoisotopic (exact) mass is 218 g/mol. The van der Waals surface area contributed by atoms with E-state index in [0.29, 0.717) is 6.54 Å². The van der Waals surface area contributed by atoms with Crippen LogP contribution >= 0.6 is 0 Å². The number of sulfonamides is 1. The molecule has 0 saturated carbocycles. The number of aliphatic hydroxyl groups is 1. The summed E-state index contributed by atoms with van der Waals surface area (Å²) in [6, 6.07) is 1.70. The van der Waals surface area contributed by atoms with Gasteiger partial charge in [-0.3, -0.25) is 0 Å². The normalized spacial score (nSPS) is 31.3. The molecule has 6 heteroatoms. The molecule has 0 radical (unpaired) electrons. The highest BCUT2D eigenvalue weighted by Gasteiger charge is 2.37. The number of aliphatic hydroxyl groups excluding tert-OH is 1. The van der Waals surface area contributed by atoms with Crippen LogP contribution in [0.25, 0.3) is 0 Å². The zero-order valence-electron chi connectivity index (χ0n) is 8.21. The molecule has 0 amide bonds. The molecule has 0 aliphatic carbocycles. The van der Waals surface area contributed by atoms with Crippen molar-refractivity contribution in [2.24, 2.45) is 5.92 Å². The van der Waals surface area contributed by atoms with Crippen molar-refractivity contribution < 1.29 is 13.5 Å². The lowest BCUT2D eigenvalue weighted by atomic mass is 10.1. The van der Waals surface area contributed by atoms with Gasteiger partial charge in [-0.2, -0.15) is 9.57 Å². The Balaban J connectivity index is 2.83. The lowest BCUT2D eigenvalue weighted by Gasteiger charge is -2.16. The molecule has 5 nitrogen and oxygen atoms in total. The Morgan fingerprint density at radius 3 is 2.50 bits per heavy atom. The third kappa shape index (κ3) is 1.90. The average Bonchev–Trinajstić information content (AvgIpc) is 2.46. The highest BCUT2D eigenvalue weighted by Crippen LogP contribution is 2.21. The summed E-state index contributed by atoms with van der Waals surface area (Å²) in [5, 5.41) is 16.9. The van der Waals surface area contributed by atoms with Crippen molar-refractivity contribution in [2.75, 3.05) is 13.1 Å². The molecule has 0 aromatic heterocycles. The Labute approximate surface area is 84.0 Å². The van der Waals surface area contributed by atoms with E-state index in [1.165, 1.54) is 11.2 Å². The molecule has 1 rings (SSSR count). The Kier molecular flexibility index (Phi) is 3.14.